The van der Waals surface area contributed by atoms with E-state index in [1.54, 1.807) is 0 Å². The molecule has 0 atom stereocenters. The molecule has 0 amide bonds. The molecule has 0 saturated heterocycles. The molecule has 0 fully saturated rings. The number of aliphatic hydroxyl groups is 1. The first kappa shape index (κ1) is 27.6. The average molecular weight is 455 g/mol. The summed E-state index contributed by atoms with van der Waals surface area (Å²) < 4.78 is 2.13. The van der Waals surface area contributed by atoms with Gasteiger partial charge in [-0.2, -0.15) is 0 Å². The van der Waals surface area contributed by atoms with E-state index < -0.39 is 0 Å². The Kier molecular flexibility index (Phi) is 15.7. The highest BCUT2D eigenvalue weighted by Crippen LogP contribution is 2.16. The van der Waals surface area contributed by atoms with Crippen LogP contribution in [0.1, 0.15) is 127 Å². The fourth-order valence-electron chi connectivity index (χ4n) is 4.71. The smallest absolute Gasteiger partial charge is 0.113 e. The van der Waals surface area contributed by atoms with Gasteiger partial charge >= 0.3 is 0 Å². The van der Waals surface area contributed by atoms with E-state index in [0.717, 1.165) is 18.7 Å². The van der Waals surface area contributed by atoms with Gasteiger partial charge in [0.2, 0.25) is 0 Å². The molecule has 1 N–H and O–H groups in total. The monoisotopic (exact) mass is 454 g/mol. The fraction of sp³-hybridized carbons (Fsp3) is 0.700. The second-order valence-electron chi connectivity index (χ2n) is 9.78. The lowest BCUT2D eigenvalue weighted by Gasteiger charge is -2.05. The Labute approximate surface area is 204 Å². The summed E-state index contributed by atoms with van der Waals surface area (Å²) in [5, 5.41) is 9.40. The third-order valence-corrected chi connectivity index (χ3v) is 6.74. The maximum Gasteiger partial charge on any atom is 0.113 e. The van der Waals surface area contributed by atoms with Crippen molar-refractivity contribution in [2.24, 2.45) is 0 Å². The van der Waals surface area contributed by atoms with Crippen molar-refractivity contribution in [1.82, 2.24) is 9.55 Å². The minimum absolute atomic E-state index is 0.163. The van der Waals surface area contributed by atoms with Crippen LogP contribution in [0.25, 0.3) is 0 Å². The van der Waals surface area contributed by atoms with Gasteiger partial charge in [-0.05, 0) is 18.4 Å². The van der Waals surface area contributed by atoms with Gasteiger partial charge in [0.25, 0.3) is 0 Å². The van der Waals surface area contributed by atoms with Crippen LogP contribution in [0.5, 0.6) is 0 Å². The van der Waals surface area contributed by atoms with Crippen molar-refractivity contribution < 1.29 is 5.11 Å². The Bertz CT molecular complexity index is 695. The van der Waals surface area contributed by atoms with Crippen molar-refractivity contribution in [2.75, 3.05) is 6.61 Å². The number of rotatable bonds is 21. The summed E-state index contributed by atoms with van der Waals surface area (Å²) in [6, 6.07) is 10.5. The predicted octanol–water partition coefficient (Wildman–Crippen LogP) is 8.27. The van der Waals surface area contributed by atoms with Crippen LogP contribution >= 0.6 is 0 Å². The van der Waals surface area contributed by atoms with E-state index in [1.807, 2.05) is 6.07 Å². The van der Waals surface area contributed by atoms with Crippen molar-refractivity contribution in [3.63, 3.8) is 0 Å². The van der Waals surface area contributed by atoms with Gasteiger partial charge < -0.3 is 9.67 Å². The molecule has 0 spiro atoms. The molecule has 0 aliphatic heterocycles. The molecule has 0 unspecified atom stereocenters. The lowest BCUT2D eigenvalue weighted by atomic mass is 10.0. The summed E-state index contributed by atoms with van der Waals surface area (Å²) in [4.78, 5) is 4.88. The molecule has 3 nitrogen and oxygen atoms in total. The predicted molar refractivity (Wildman–Crippen MR) is 142 cm³/mol. The molecule has 0 saturated carbocycles. The minimum atomic E-state index is 0.163. The van der Waals surface area contributed by atoms with E-state index >= 15 is 0 Å². The number of unbranched alkanes of at least 4 members (excludes halogenated alkanes) is 15. The molecule has 3 heteroatoms. The van der Waals surface area contributed by atoms with E-state index in [-0.39, 0.29) is 6.61 Å². The third-order valence-electron chi connectivity index (χ3n) is 6.74. The van der Waals surface area contributed by atoms with Gasteiger partial charge in [0, 0.05) is 19.2 Å². The molecular formula is C30H50N2O. The summed E-state index contributed by atoms with van der Waals surface area (Å²) in [6.07, 6.45) is 26.5. The zero-order valence-electron chi connectivity index (χ0n) is 21.4. The largest absolute Gasteiger partial charge is 0.395 e. The molecule has 0 radical (unpaired) electrons. The summed E-state index contributed by atoms with van der Waals surface area (Å²) in [5.41, 5.74) is 2.45. The van der Waals surface area contributed by atoms with Gasteiger partial charge in [0.05, 0.1) is 12.3 Å². The van der Waals surface area contributed by atoms with Crippen LogP contribution < -0.4 is 0 Å². The Morgan fingerprint density at radius 2 is 1.21 bits per heavy atom. The number of aryl methyl sites for hydroxylation is 1. The first-order valence-electron chi connectivity index (χ1n) is 14.0. The van der Waals surface area contributed by atoms with Gasteiger partial charge in [-0.25, -0.2) is 4.98 Å². The number of hydrogen-bond acceptors (Lipinski definition) is 2. The second-order valence-corrected chi connectivity index (χ2v) is 9.78. The van der Waals surface area contributed by atoms with Gasteiger partial charge in [-0.3, -0.25) is 0 Å². The number of aromatic nitrogens is 2. The highest BCUT2D eigenvalue weighted by molar-refractivity contribution is 5.20. The Morgan fingerprint density at radius 1 is 0.697 bits per heavy atom. The molecule has 0 bridgehead atoms. The van der Waals surface area contributed by atoms with Crippen molar-refractivity contribution in [2.45, 2.75) is 129 Å². The standard InChI is InChI=1S/C30H50N2O/c1-2-3-4-5-6-7-8-9-10-11-12-13-14-15-16-20-23-29-27-32(24-25-33)30(31-29)26-28-21-18-17-19-22-28/h17-19,21-22,27,33H,2-16,20,23-26H2,1H3. The average Bonchev–Trinajstić information content (AvgIpc) is 3.20. The Hall–Kier alpha value is -1.61. The molecule has 33 heavy (non-hydrogen) atoms. The molecule has 0 aliphatic rings. The first-order valence-corrected chi connectivity index (χ1v) is 14.0. The number of hydrogen-bond donors (Lipinski definition) is 1. The lowest BCUT2D eigenvalue weighted by molar-refractivity contribution is 0.274. The van der Waals surface area contributed by atoms with Crippen LogP contribution in [-0.2, 0) is 19.4 Å². The van der Waals surface area contributed by atoms with Crippen LogP contribution in [0.15, 0.2) is 36.5 Å². The number of benzene rings is 1. The second kappa shape index (κ2) is 18.8. The number of aliphatic hydroxyl groups excluding tert-OH is 1. The normalized spacial score (nSPS) is 11.3. The minimum Gasteiger partial charge on any atom is -0.395 e. The molecule has 2 aromatic rings. The van der Waals surface area contributed by atoms with Crippen LogP contribution in [0.2, 0.25) is 0 Å². The third kappa shape index (κ3) is 13.0. The van der Waals surface area contributed by atoms with Crippen LogP contribution in [-0.4, -0.2) is 21.3 Å². The highest BCUT2D eigenvalue weighted by Gasteiger charge is 2.08. The van der Waals surface area contributed by atoms with Crippen molar-refractivity contribution in [3.05, 3.63) is 53.6 Å². The van der Waals surface area contributed by atoms with Crippen LogP contribution in [0.4, 0.5) is 0 Å². The van der Waals surface area contributed by atoms with E-state index in [1.165, 1.54) is 114 Å². The summed E-state index contributed by atoms with van der Waals surface area (Å²) in [6.45, 7) is 3.09. The highest BCUT2D eigenvalue weighted by atomic mass is 16.3. The molecule has 2 rings (SSSR count). The van der Waals surface area contributed by atoms with E-state index in [2.05, 4.69) is 42.0 Å². The van der Waals surface area contributed by atoms with Gasteiger partial charge in [-0.15, -0.1) is 0 Å². The van der Waals surface area contributed by atoms with Crippen molar-refractivity contribution >= 4 is 0 Å². The summed E-state index contributed by atoms with van der Waals surface area (Å²) in [5.74, 6) is 1.07. The van der Waals surface area contributed by atoms with Gasteiger partial charge in [-0.1, -0.05) is 134 Å². The van der Waals surface area contributed by atoms with Crippen molar-refractivity contribution in [1.29, 1.82) is 0 Å². The lowest BCUT2D eigenvalue weighted by Crippen LogP contribution is -2.06. The molecule has 1 heterocycles. The maximum absolute atomic E-state index is 9.40. The molecular weight excluding hydrogens is 404 g/mol. The first-order chi connectivity index (χ1) is 16.3. The molecule has 1 aromatic heterocycles. The Balaban J connectivity index is 1.47. The van der Waals surface area contributed by atoms with Crippen LogP contribution in [0, 0.1) is 0 Å². The fourth-order valence-corrected chi connectivity index (χ4v) is 4.71. The topological polar surface area (TPSA) is 38.0 Å². The number of imidazole rings is 1. The summed E-state index contributed by atoms with van der Waals surface area (Å²) in [7, 11) is 0. The molecule has 186 valence electrons. The van der Waals surface area contributed by atoms with Gasteiger partial charge in [0.1, 0.15) is 5.82 Å². The summed E-state index contributed by atoms with van der Waals surface area (Å²) >= 11 is 0. The van der Waals surface area contributed by atoms with Crippen molar-refractivity contribution in [3.8, 4) is 0 Å². The molecule has 1 aromatic carbocycles. The zero-order valence-corrected chi connectivity index (χ0v) is 21.4. The van der Waals surface area contributed by atoms with Crippen LogP contribution in [0.3, 0.4) is 0 Å². The van der Waals surface area contributed by atoms with E-state index in [4.69, 9.17) is 4.98 Å². The van der Waals surface area contributed by atoms with Gasteiger partial charge in [0.15, 0.2) is 0 Å². The van der Waals surface area contributed by atoms with E-state index in [9.17, 15) is 5.11 Å². The van der Waals surface area contributed by atoms with E-state index in [0.29, 0.717) is 6.54 Å². The maximum atomic E-state index is 9.40. The zero-order chi connectivity index (χ0) is 23.4. The molecule has 0 aliphatic carbocycles. The SMILES string of the molecule is CCCCCCCCCCCCCCCCCCc1cn(CCO)c(Cc2ccccc2)n1. The number of nitrogens with zero attached hydrogens (tertiary/aromatic N) is 2. The quantitative estimate of drug-likeness (QED) is 0.193. The Morgan fingerprint density at radius 3 is 1.73 bits per heavy atom.